The van der Waals surface area contributed by atoms with E-state index >= 15 is 0 Å². The van der Waals surface area contributed by atoms with Gasteiger partial charge in [-0.1, -0.05) is 0 Å². The fourth-order valence-electron chi connectivity index (χ4n) is 1.37. The molecular formula is C13H9F2NO4. The Morgan fingerprint density at radius 2 is 1.15 bits per heavy atom. The number of carbonyl (C=O) groups excluding carboxylic acids is 1. The number of rotatable bonds is 2. The number of nitrogens with zero attached hydrogens (tertiary/aromatic N) is 1. The van der Waals surface area contributed by atoms with Crippen LogP contribution in [0.15, 0.2) is 48.5 Å². The van der Waals surface area contributed by atoms with E-state index in [2.05, 4.69) is 0 Å². The van der Waals surface area contributed by atoms with Crippen LogP contribution in [0.2, 0.25) is 0 Å². The molecule has 0 aliphatic heterocycles. The number of halogens is 2. The first-order valence-electron chi connectivity index (χ1n) is 5.29. The van der Waals surface area contributed by atoms with Crippen LogP contribution in [0.4, 0.5) is 8.78 Å². The first-order chi connectivity index (χ1) is 9.40. The second kappa shape index (κ2) is 6.93. The van der Waals surface area contributed by atoms with Crippen molar-refractivity contribution in [2.45, 2.75) is 0 Å². The minimum absolute atomic E-state index is 0.250. The standard InChI is InChI=1S/C13H8F2O.HNO3/c14-11-5-1-9(2-6-11)13(16)10-3-7-12(15)8-4-10;2-1(3)4/h1-8H;(H,2,3,4). The van der Waals surface area contributed by atoms with Gasteiger partial charge in [-0.25, -0.2) is 8.78 Å². The average Bonchev–Trinajstić information content (AvgIpc) is 2.39. The van der Waals surface area contributed by atoms with Crippen molar-refractivity contribution in [3.8, 4) is 0 Å². The molecule has 0 aliphatic rings. The van der Waals surface area contributed by atoms with Gasteiger partial charge >= 0.3 is 0 Å². The van der Waals surface area contributed by atoms with Gasteiger partial charge in [0.05, 0.1) is 0 Å². The molecule has 0 spiro atoms. The van der Waals surface area contributed by atoms with Crippen LogP contribution >= 0.6 is 0 Å². The van der Waals surface area contributed by atoms with Gasteiger partial charge in [0.1, 0.15) is 11.6 Å². The average molecular weight is 281 g/mol. The molecule has 0 aliphatic carbocycles. The van der Waals surface area contributed by atoms with Crippen molar-refractivity contribution in [3.05, 3.63) is 81.4 Å². The van der Waals surface area contributed by atoms with Gasteiger partial charge in [0, 0.05) is 11.1 Å². The molecule has 0 heterocycles. The molecule has 2 rings (SSSR count). The lowest BCUT2D eigenvalue weighted by molar-refractivity contribution is -0.742. The van der Waals surface area contributed by atoms with E-state index in [0.717, 1.165) is 0 Å². The summed E-state index contributed by atoms with van der Waals surface area (Å²) < 4.78 is 25.3. The number of ketones is 1. The van der Waals surface area contributed by atoms with E-state index in [1.165, 1.54) is 48.5 Å². The third-order valence-corrected chi connectivity index (χ3v) is 2.21. The lowest BCUT2D eigenvalue weighted by atomic mass is 10.0. The minimum atomic E-state index is -1.50. The maximum Gasteiger partial charge on any atom is 0.291 e. The molecule has 0 saturated carbocycles. The fourth-order valence-corrected chi connectivity index (χ4v) is 1.37. The summed E-state index contributed by atoms with van der Waals surface area (Å²) in [5.41, 5.74) is 0.765. The summed E-state index contributed by atoms with van der Waals surface area (Å²) >= 11 is 0. The normalized spacial score (nSPS) is 9.30. The molecule has 0 bridgehead atoms. The van der Waals surface area contributed by atoms with Gasteiger partial charge in [-0.05, 0) is 48.5 Å². The Kier molecular flexibility index (Phi) is 5.28. The maximum absolute atomic E-state index is 12.6. The maximum atomic E-state index is 12.6. The van der Waals surface area contributed by atoms with Gasteiger partial charge in [0.25, 0.3) is 5.09 Å². The Morgan fingerprint density at radius 3 is 1.40 bits per heavy atom. The Bertz CT molecular complexity index is 545. The molecule has 0 amide bonds. The Hall–Kier alpha value is -2.83. The monoisotopic (exact) mass is 281 g/mol. The van der Waals surface area contributed by atoms with E-state index in [9.17, 15) is 13.6 Å². The Morgan fingerprint density at radius 1 is 0.900 bits per heavy atom. The quantitative estimate of drug-likeness (QED) is 0.521. The summed E-state index contributed by atoms with van der Waals surface area (Å²) in [5.74, 6) is -1.04. The van der Waals surface area contributed by atoms with E-state index < -0.39 is 16.7 Å². The van der Waals surface area contributed by atoms with E-state index in [4.69, 9.17) is 15.3 Å². The molecular weight excluding hydrogens is 272 g/mol. The van der Waals surface area contributed by atoms with Crippen LogP contribution < -0.4 is 0 Å². The van der Waals surface area contributed by atoms with Crippen molar-refractivity contribution >= 4 is 5.78 Å². The summed E-state index contributed by atoms with van der Waals surface area (Å²) in [6.07, 6.45) is 0. The van der Waals surface area contributed by atoms with Crippen LogP contribution in [0, 0.1) is 21.7 Å². The van der Waals surface area contributed by atoms with Crippen molar-refractivity contribution in [3.63, 3.8) is 0 Å². The third-order valence-electron chi connectivity index (χ3n) is 2.21. The summed E-state index contributed by atoms with van der Waals surface area (Å²) in [7, 11) is 0. The van der Waals surface area contributed by atoms with E-state index in [1.54, 1.807) is 0 Å². The molecule has 2 aromatic carbocycles. The second-order valence-electron chi connectivity index (χ2n) is 3.58. The van der Waals surface area contributed by atoms with Crippen LogP contribution in [-0.2, 0) is 0 Å². The first-order valence-corrected chi connectivity index (χ1v) is 5.29. The zero-order chi connectivity index (χ0) is 15.1. The van der Waals surface area contributed by atoms with Crippen molar-refractivity contribution in [1.82, 2.24) is 0 Å². The zero-order valence-electron chi connectivity index (χ0n) is 9.99. The second-order valence-corrected chi connectivity index (χ2v) is 3.58. The summed E-state index contributed by atoms with van der Waals surface area (Å²) in [4.78, 5) is 20.2. The smallest absolute Gasteiger partial charge is 0.291 e. The van der Waals surface area contributed by atoms with Gasteiger partial charge in [-0.2, -0.15) is 0 Å². The SMILES string of the molecule is O=C(c1ccc(F)cc1)c1ccc(F)cc1.O=[N+]([O-])O. The molecule has 0 fully saturated rings. The van der Waals surface area contributed by atoms with Gasteiger partial charge in [0.2, 0.25) is 0 Å². The highest BCUT2D eigenvalue weighted by Crippen LogP contribution is 2.11. The lowest BCUT2D eigenvalue weighted by Crippen LogP contribution is -2.01. The number of hydrogen-bond acceptors (Lipinski definition) is 3. The molecule has 0 unspecified atom stereocenters. The summed E-state index contributed by atoms with van der Waals surface area (Å²) in [6.45, 7) is 0. The highest BCUT2D eigenvalue weighted by molar-refractivity contribution is 6.08. The van der Waals surface area contributed by atoms with Gasteiger partial charge in [-0.15, -0.1) is 10.1 Å². The number of benzene rings is 2. The van der Waals surface area contributed by atoms with Crippen LogP contribution in [-0.4, -0.2) is 16.1 Å². The zero-order valence-corrected chi connectivity index (χ0v) is 9.99. The molecule has 0 aromatic heterocycles. The Labute approximate surface area is 112 Å². The predicted molar refractivity (Wildman–Crippen MR) is 65.0 cm³/mol. The highest BCUT2D eigenvalue weighted by atomic mass is 19.1. The van der Waals surface area contributed by atoms with Gasteiger partial charge in [0.15, 0.2) is 5.78 Å². The number of carbonyl (C=O) groups is 1. The molecule has 1 N–H and O–H groups in total. The van der Waals surface area contributed by atoms with Crippen LogP contribution in [0.1, 0.15) is 15.9 Å². The number of hydrogen-bond donors (Lipinski definition) is 1. The fraction of sp³-hybridized carbons (Fsp3) is 0. The molecule has 2 aromatic rings. The molecule has 20 heavy (non-hydrogen) atoms. The molecule has 104 valence electrons. The van der Waals surface area contributed by atoms with Gasteiger partial charge in [-0.3, -0.25) is 4.79 Å². The van der Waals surface area contributed by atoms with E-state index in [-0.39, 0.29) is 5.78 Å². The molecule has 0 radical (unpaired) electrons. The van der Waals surface area contributed by atoms with E-state index in [1.807, 2.05) is 0 Å². The lowest BCUT2D eigenvalue weighted by Gasteiger charge is -2.00. The topological polar surface area (TPSA) is 80.4 Å². The summed E-state index contributed by atoms with van der Waals surface area (Å²) in [6, 6.07) is 10.5. The molecule has 5 nitrogen and oxygen atoms in total. The van der Waals surface area contributed by atoms with E-state index in [0.29, 0.717) is 11.1 Å². The molecule has 7 heteroatoms. The van der Waals surface area contributed by atoms with Crippen LogP contribution in [0.5, 0.6) is 0 Å². The minimum Gasteiger partial charge on any atom is -0.328 e. The first kappa shape index (κ1) is 15.2. The van der Waals surface area contributed by atoms with Crippen molar-refractivity contribution in [1.29, 1.82) is 0 Å². The van der Waals surface area contributed by atoms with Gasteiger partial charge < -0.3 is 5.21 Å². The molecule has 0 saturated heterocycles. The third kappa shape index (κ3) is 4.81. The van der Waals surface area contributed by atoms with Crippen molar-refractivity contribution in [2.24, 2.45) is 0 Å². The summed E-state index contributed by atoms with van der Waals surface area (Å²) in [5, 5.41) is 13.6. The van der Waals surface area contributed by atoms with Crippen LogP contribution in [0.3, 0.4) is 0 Å². The van der Waals surface area contributed by atoms with Crippen molar-refractivity contribution in [2.75, 3.05) is 0 Å². The largest absolute Gasteiger partial charge is 0.328 e. The highest BCUT2D eigenvalue weighted by Gasteiger charge is 2.08. The molecule has 0 atom stereocenters. The Balaban J connectivity index is 0.000000444. The predicted octanol–water partition coefficient (Wildman–Crippen LogP) is 2.85. The van der Waals surface area contributed by atoms with Crippen LogP contribution in [0.25, 0.3) is 0 Å². The van der Waals surface area contributed by atoms with Crippen molar-refractivity contribution < 1.29 is 23.9 Å².